The van der Waals surface area contributed by atoms with Crippen molar-refractivity contribution in [3.63, 3.8) is 0 Å². The number of carbonyl (C=O) groups is 2. The van der Waals surface area contributed by atoms with E-state index in [4.69, 9.17) is 16.3 Å². The Morgan fingerprint density at radius 2 is 1.79 bits per heavy atom. The molecule has 1 aliphatic rings. The van der Waals surface area contributed by atoms with Crippen LogP contribution < -0.4 is 4.72 Å². The van der Waals surface area contributed by atoms with Crippen molar-refractivity contribution in [2.24, 2.45) is 4.99 Å². The van der Waals surface area contributed by atoms with Crippen LogP contribution >= 0.6 is 11.6 Å². The summed E-state index contributed by atoms with van der Waals surface area (Å²) in [5.41, 5.74) is 3.40. The molecule has 8 nitrogen and oxygen atoms in total. The summed E-state index contributed by atoms with van der Waals surface area (Å²) in [4.78, 5) is 29.2. The molecular formula is C24H22ClN3O5S. The van der Waals surface area contributed by atoms with E-state index in [1.165, 1.54) is 6.07 Å². The smallest absolute Gasteiger partial charge is 0.308 e. The highest BCUT2D eigenvalue weighted by Gasteiger charge is 2.30. The maximum absolute atomic E-state index is 12.7. The van der Waals surface area contributed by atoms with Crippen molar-refractivity contribution in [1.29, 1.82) is 0 Å². The number of hydrogen-bond donors (Lipinski definition) is 1. The largest absolute Gasteiger partial charge is 0.457 e. The van der Waals surface area contributed by atoms with Gasteiger partial charge >= 0.3 is 5.97 Å². The van der Waals surface area contributed by atoms with Crippen LogP contribution in [0.15, 0.2) is 64.5 Å². The molecule has 3 aromatic rings. The molecule has 0 saturated carbocycles. The minimum atomic E-state index is -3.64. The number of nitrogens with zero attached hydrogens (tertiary/aromatic N) is 2. The lowest BCUT2D eigenvalue weighted by Gasteiger charge is -2.10. The van der Waals surface area contributed by atoms with E-state index in [-0.39, 0.29) is 29.5 Å². The first-order valence-electron chi connectivity index (χ1n) is 10.5. The fraction of sp³-hybridized carbons (Fsp3) is 0.208. The zero-order chi connectivity index (χ0) is 24.5. The first kappa shape index (κ1) is 23.7. The van der Waals surface area contributed by atoms with E-state index in [0.717, 1.165) is 17.1 Å². The molecule has 176 valence electrons. The number of Topliss-reactive ketones (excluding diaryl/α,β-unsaturated/α-hetero) is 1. The molecule has 4 rings (SSSR count). The first-order valence-corrected chi connectivity index (χ1v) is 12.3. The van der Waals surface area contributed by atoms with Crippen molar-refractivity contribution in [3.05, 3.63) is 82.1 Å². The van der Waals surface area contributed by atoms with E-state index in [1.54, 1.807) is 36.4 Å². The second kappa shape index (κ2) is 9.44. The number of aliphatic imine (C=N–C) groups is 1. The van der Waals surface area contributed by atoms with Crippen molar-refractivity contribution in [3.8, 4) is 5.69 Å². The van der Waals surface area contributed by atoms with Gasteiger partial charge in [0.25, 0.3) is 10.0 Å². The van der Waals surface area contributed by atoms with Gasteiger partial charge in [-0.15, -0.1) is 0 Å². The number of halogens is 1. The normalized spacial score (nSPS) is 15.1. The third kappa shape index (κ3) is 4.76. The Morgan fingerprint density at radius 3 is 2.53 bits per heavy atom. The van der Waals surface area contributed by atoms with Gasteiger partial charge in [0.15, 0.2) is 6.61 Å². The molecule has 1 N–H and O–H groups in total. The predicted octanol–water partition coefficient (Wildman–Crippen LogP) is 3.60. The van der Waals surface area contributed by atoms with Gasteiger partial charge in [0.05, 0.1) is 17.9 Å². The Morgan fingerprint density at radius 1 is 1.09 bits per heavy atom. The minimum Gasteiger partial charge on any atom is -0.457 e. The van der Waals surface area contributed by atoms with Gasteiger partial charge in [0.2, 0.25) is 5.78 Å². The number of aryl methyl sites for hydroxylation is 1. The lowest BCUT2D eigenvalue weighted by atomic mass is 10.1. The van der Waals surface area contributed by atoms with E-state index in [2.05, 4.69) is 9.71 Å². The van der Waals surface area contributed by atoms with E-state index in [0.29, 0.717) is 16.1 Å². The molecule has 0 saturated heterocycles. The van der Waals surface area contributed by atoms with Gasteiger partial charge in [-0.25, -0.2) is 8.42 Å². The molecule has 0 spiro atoms. The number of ether oxygens (including phenoxy) is 1. The van der Waals surface area contributed by atoms with E-state index < -0.39 is 22.6 Å². The second-order valence-corrected chi connectivity index (χ2v) is 9.85. The van der Waals surface area contributed by atoms with Crippen LogP contribution in [0.3, 0.4) is 0 Å². The molecule has 0 fully saturated rings. The highest BCUT2D eigenvalue weighted by atomic mass is 35.5. The van der Waals surface area contributed by atoms with Crippen LogP contribution in [-0.4, -0.2) is 43.7 Å². The van der Waals surface area contributed by atoms with Crippen molar-refractivity contribution in [1.82, 2.24) is 9.29 Å². The third-order valence-electron chi connectivity index (χ3n) is 5.43. The number of benzene rings is 2. The van der Waals surface area contributed by atoms with Crippen molar-refractivity contribution in [2.45, 2.75) is 25.2 Å². The van der Waals surface area contributed by atoms with Gasteiger partial charge in [-0.3, -0.25) is 19.3 Å². The van der Waals surface area contributed by atoms with Crippen LogP contribution in [0.4, 0.5) is 0 Å². The number of rotatable bonds is 7. The number of amidine groups is 1. The maximum atomic E-state index is 12.7. The van der Waals surface area contributed by atoms with Crippen molar-refractivity contribution < 1.29 is 22.7 Å². The fourth-order valence-corrected chi connectivity index (χ4v) is 5.22. The number of ketones is 1. The molecule has 1 aliphatic heterocycles. The molecule has 0 atom stereocenters. The zero-order valence-electron chi connectivity index (χ0n) is 18.5. The van der Waals surface area contributed by atoms with E-state index in [9.17, 15) is 18.0 Å². The molecular weight excluding hydrogens is 478 g/mol. The van der Waals surface area contributed by atoms with Gasteiger partial charge in [-0.05, 0) is 56.3 Å². The monoisotopic (exact) mass is 499 g/mol. The van der Waals surface area contributed by atoms with Crippen LogP contribution in [0.5, 0.6) is 0 Å². The summed E-state index contributed by atoms with van der Waals surface area (Å²) in [7, 11) is -3.64. The fourth-order valence-electron chi connectivity index (χ4n) is 3.84. The zero-order valence-corrected chi connectivity index (χ0v) is 20.1. The number of sulfonamides is 1. The average Bonchev–Trinajstić information content (AvgIpc) is 3.25. The second-order valence-electron chi connectivity index (χ2n) is 7.76. The Hall–Kier alpha value is -3.43. The van der Waals surface area contributed by atoms with Crippen LogP contribution in [-0.2, 0) is 19.6 Å². The topological polar surface area (TPSA) is 107 Å². The Kier molecular flexibility index (Phi) is 6.58. The summed E-state index contributed by atoms with van der Waals surface area (Å²) >= 11 is 5.96. The molecule has 34 heavy (non-hydrogen) atoms. The standard InChI is InChI=1S/C24H22ClN3O5S/c1-15-13-20(16(2)28(15)18-9-7-17(25)8-10-18)21(29)14-33-23(30)11-12-26-24-19-5-3-4-6-22(19)34(31,32)27-24/h3-10,13H,11-12,14H2,1-2H3,(H,26,27). The number of nitrogens with one attached hydrogen (secondary N) is 1. The number of aromatic nitrogens is 1. The van der Waals surface area contributed by atoms with Crippen LogP contribution in [0.25, 0.3) is 5.69 Å². The molecule has 0 aliphatic carbocycles. The van der Waals surface area contributed by atoms with E-state index >= 15 is 0 Å². The maximum Gasteiger partial charge on any atom is 0.308 e. The summed E-state index contributed by atoms with van der Waals surface area (Å²) in [5.74, 6) is -0.724. The molecule has 0 unspecified atom stereocenters. The Labute approximate surface area is 202 Å². The summed E-state index contributed by atoms with van der Waals surface area (Å²) in [5, 5.41) is 0.620. The SMILES string of the molecule is Cc1cc(C(=O)COC(=O)CCN=C2NS(=O)(=O)c3ccccc32)c(C)n1-c1ccc(Cl)cc1. The molecule has 0 radical (unpaired) electrons. The quantitative estimate of drug-likeness (QED) is 0.395. The van der Waals surface area contributed by atoms with Crippen LogP contribution in [0.2, 0.25) is 5.02 Å². The number of hydrogen-bond acceptors (Lipinski definition) is 6. The Bertz CT molecular complexity index is 1410. The Balaban J connectivity index is 1.35. The number of carbonyl (C=O) groups excluding carboxylic acids is 2. The molecule has 10 heteroatoms. The number of fused-ring (bicyclic) bond motifs is 1. The van der Waals surface area contributed by atoms with Gasteiger partial charge in [0.1, 0.15) is 5.84 Å². The van der Waals surface area contributed by atoms with Gasteiger partial charge in [0, 0.05) is 33.2 Å². The van der Waals surface area contributed by atoms with E-state index in [1.807, 2.05) is 30.5 Å². The minimum absolute atomic E-state index is 0.0181. The third-order valence-corrected chi connectivity index (χ3v) is 7.08. The van der Waals surface area contributed by atoms with Gasteiger partial charge in [-0.1, -0.05) is 23.7 Å². The molecule has 2 heterocycles. The summed E-state index contributed by atoms with van der Waals surface area (Å²) < 4.78 is 33.7. The van der Waals surface area contributed by atoms with Crippen molar-refractivity contribution >= 4 is 39.2 Å². The lowest BCUT2D eigenvalue weighted by Crippen LogP contribution is -2.22. The number of esters is 1. The lowest BCUT2D eigenvalue weighted by molar-refractivity contribution is -0.142. The molecule has 1 aromatic heterocycles. The van der Waals surface area contributed by atoms with Gasteiger partial charge in [-0.2, -0.15) is 0 Å². The predicted molar refractivity (Wildman–Crippen MR) is 128 cm³/mol. The molecule has 2 aromatic carbocycles. The summed E-state index contributed by atoms with van der Waals surface area (Å²) in [6, 6.07) is 15.5. The molecule has 0 amide bonds. The highest BCUT2D eigenvalue weighted by Crippen LogP contribution is 2.23. The first-order chi connectivity index (χ1) is 16.2. The summed E-state index contributed by atoms with van der Waals surface area (Å²) in [6.07, 6.45) is -0.0928. The average molecular weight is 500 g/mol. The highest BCUT2D eigenvalue weighted by molar-refractivity contribution is 7.90. The van der Waals surface area contributed by atoms with Crippen molar-refractivity contribution in [2.75, 3.05) is 13.2 Å². The van der Waals surface area contributed by atoms with Crippen LogP contribution in [0.1, 0.15) is 33.7 Å². The molecule has 0 bridgehead atoms. The summed E-state index contributed by atoms with van der Waals surface area (Å²) in [6.45, 7) is 3.34. The van der Waals surface area contributed by atoms with Crippen LogP contribution in [0, 0.1) is 13.8 Å². The van der Waals surface area contributed by atoms with Gasteiger partial charge < -0.3 is 9.30 Å².